The number of amides is 2. The number of nitrogens with zero attached hydrogens (tertiary/aromatic N) is 5. The number of pyridine rings is 1. The Kier molecular flexibility index (Phi) is 5.61. The van der Waals surface area contributed by atoms with Crippen molar-refractivity contribution in [3.8, 4) is 5.82 Å². The van der Waals surface area contributed by atoms with Crippen LogP contribution in [-0.2, 0) is 9.53 Å². The van der Waals surface area contributed by atoms with Crippen molar-refractivity contribution < 1.29 is 14.3 Å². The van der Waals surface area contributed by atoms with E-state index in [9.17, 15) is 9.59 Å². The van der Waals surface area contributed by atoms with Crippen molar-refractivity contribution in [1.82, 2.24) is 30.0 Å². The molecule has 9 heteroatoms. The molecule has 2 fully saturated rings. The number of rotatable bonds is 5. The Bertz CT molecular complexity index is 794. The average molecular weight is 384 g/mol. The summed E-state index contributed by atoms with van der Waals surface area (Å²) in [6.45, 7) is 3.27. The highest BCUT2D eigenvalue weighted by atomic mass is 16.5. The largest absolute Gasteiger partial charge is 0.381 e. The Balaban J connectivity index is 1.25. The minimum Gasteiger partial charge on any atom is -0.381 e. The first-order valence-corrected chi connectivity index (χ1v) is 9.66. The Morgan fingerprint density at radius 1 is 1.14 bits per heavy atom. The van der Waals surface area contributed by atoms with Gasteiger partial charge in [-0.3, -0.25) is 14.2 Å². The van der Waals surface area contributed by atoms with Gasteiger partial charge in [-0.25, -0.2) is 4.98 Å². The van der Waals surface area contributed by atoms with Crippen LogP contribution in [0.2, 0.25) is 0 Å². The molecule has 4 heterocycles. The van der Waals surface area contributed by atoms with Gasteiger partial charge in [0, 0.05) is 32.4 Å². The molecular formula is C19H24N6O3. The van der Waals surface area contributed by atoms with Gasteiger partial charge in [0.2, 0.25) is 5.91 Å². The van der Waals surface area contributed by atoms with Crippen LogP contribution in [0.5, 0.6) is 0 Å². The first-order chi connectivity index (χ1) is 13.7. The van der Waals surface area contributed by atoms with Crippen LogP contribution in [0.3, 0.4) is 0 Å². The van der Waals surface area contributed by atoms with Crippen molar-refractivity contribution in [2.45, 2.75) is 19.3 Å². The zero-order valence-corrected chi connectivity index (χ0v) is 15.7. The monoisotopic (exact) mass is 384 g/mol. The minimum absolute atomic E-state index is 0.00441. The third-order valence-corrected chi connectivity index (χ3v) is 5.45. The molecule has 9 nitrogen and oxygen atoms in total. The zero-order chi connectivity index (χ0) is 19.3. The second-order valence-electron chi connectivity index (χ2n) is 7.32. The van der Waals surface area contributed by atoms with Gasteiger partial charge in [0.05, 0.1) is 18.1 Å². The van der Waals surface area contributed by atoms with Crippen molar-refractivity contribution >= 4 is 11.8 Å². The summed E-state index contributed by atoms with van der Waals surface area (Å²) in [7, 11) is 0. The Hall–Kier alpha value is -2.81. The summed E-state index contributed by atoms with van der Waals surface area (Å²) in [5.74, 6) is 1.16. The molecule has 0 aromatic carbocycles. The van der Waals surface area contributed by atoms with Crippen LogP contribution < -0.4 is 5.32 Å². The van der Waals surface area contributed by atoms with E-state index in [1.807, 2.05) is 4.90 Å². The Morgan fingerprint density at radius 3 is 2.57 bits per heavy atom. The molecule has 1 N–H and O–H groups in total. The van der Waals surface area contributed by atoms with Crippen LogP contribution in [0.15, 0.2) is 31.0 Å². The van der Waals surface area contributed by atoms with E-state index in [4.69, 9.17) is 4.74 Å². The maximum absolute atomic E-state index is 12.7. The maximum Gasteiger partial charge on any atom is 0.255 e. The summed E-state index contributed by atoms with van der Waals surface area (Å²) >= 11 is 0. The van der Waals surface area contributed by atoms with Crippen LogP contribution in [0, 0.1) is 11.8 Å². The predicted molar refractivity (Wildman–Crippen MR) is 99.7 cm³/mol. The quantitative estimate of drug-likeness (QED) is 0.813. The summed E-state index contributed by atoms with van der Waals surface area (Å²) in [5.41, 5.74) is 0.574. The molecule has 4 rings (SSSR count). The van der Waals surface area contributed by atoms with Crippen LogP contribution in [0.25, 0.3) is 5.82 Å². The van der Waals surface area contributed by atoms with Crippen molar-refractivity contribution in [3.05, 3.63) is 36.5 Å². The standard InChI is InChI=1S/C19H24N6O3/c26-18(16-5-8-28-11-16)21-9-14-3-6-24(7-4-14)19(27)15-1-2-17(20-10-15)25-12-22-23-13-25/h1-2,10,12-14,16H,3-9,11H2,(H,21,26). The lowest BCUT2D eigenvalue weighted by atomic mass is 9.96. The smallest absolute Gasteiger partial charge is 0.255 e. The number of carbonyl (C=O) groups excluding carboxylic acids is 2. The first kappa shape index (κ1) is 18.5. The van der Waals surface area contributed by atoms with Gasteiger partial charge < -0.3 is 15.0 Å². The van der Waals surface area contributed by atoms with Gasteiger partial charge in [0.15, 0.2) is 0 Å². The summed E-state index contributed by atoms with van der Waals surface area (Å²) in [6.07, 6.45) is 7.30. The van der Waals surface area contributed by atoms with E-state index in [1.165, 1.54) is 0 Å². The van der Waals surface area contributed by atoms with Crippen LogP contribution in [0.4, 0.5) is 0 Å². The second kappa shape index (κ2) is 8.47. The van der Waals surface area contributed by atoms with E-state index in [0.29, 0.717) is 50.1 Å². The fourth-order valence-corrected chi connectivity index (χ4v) is 3.64. The number of nitrogens with one attached hydrogen (secondary N) is 1. The van der Waals surface area contributed by atoms with E-state index in [1.54, 1.807) is 35.6 Å². The van der Waals surface area contributed by atoms with Gasteiger partial charge in [-0.1, -0.05) is 0 Å². The Labute approximate surface area is 163 Å². The zero-order valence-electron chi connectivity index (χ0n) is 15.7. The van der Waals surface area contributed by atoms with Gasteiger partial charge in [0.25, 0.3) is 5.91 Å². The molecule has 0 aliphatic carbocycles. The van der Waals surface area contributed by atoms with Crippen molar-refractivity contribution in [3.63, 3.8) is 0 Å². The normalized spacial score (nSPS) is 20.3. The van der Waals surface area contributed by atoms with E-state index in [-0.39, 0.29) is 17.7 Å². The molecule has 2 aromatic heterocycles. The number of hydrogen-bond donors (Lipinski definition) is 1. The minimum atomic E-state index is -0.00611. The highest BCUT2D eigenvalue weighted by Crippen LogP contribution is 2.19. The van der Waals surface area contributed by atoms with Crippen LogP contribution in [-0.4, -0.2) is 69.3 Å². The molecule has 1 unspecified atom stereocenters. The molecule has 2 saturated heterocycles. The van der Waals surface area contributed by atoms with Crippen molar-refractivity contribution in [1.29, 1.82) is 0 Å². The van der Waals surface area contributed by atoms with E-state index in [0.717, 1.165) is 19.3 Å². The highest BCUT2D eigenvalue weighted by Gasteiger charge is 2.27. The molecule has 28 heavy (non-hydrogen) atoms. The lowest BCUT2D eigenvalue weighted by molar-refractivity contribution is -0.125. The molecule has 0 radical (unpaired) electrons. The van der Waals surface area contributed by atoms with Crippen LogP contribution >= 0.6 is 0 Å². The van der Waals surface area contributed by atoms with Gasteiger partial charge in [-0.2, -0.15) is 0 Å². The molecule has 1 atom stereocenters. The summed E-state index contributed by atoms with van der Waals surface area (Å²) in [5, 5.41) is 10.5. The molecule has 0 saturated carbocycles. The molecule has 148 valence electrons. The van der Waals surface area contributed by atoms with Crippen molar-refractivity contribution in [2.75, 3.05) is 32.8 Å². The number of hydrogen-bond acceptors (Lipinski definition) is 6. The molecule has 2 aromatic rings. The molecule has 2 amide bonds. The molecular weight excluding hydrogens is 360 g/mol. The second-order valence-corrected chi connectivity index (χ2v) is 7.32. The predicted octanol–water partition coefficient (Wildman–Crippen LogP) is 0.667. The van der Waals surface area contributed by atoms with E-state index >= 15 is 0 Å². The molecule has 2 aliphatic rings. The SMILES string of the molecule is O=C(NCC1CCN(C(=O)c2ccc(-n3cnnc3)nc2)CC1)C1CCOC1. The number of aromatic nitrogens is 4. The third-order valence-electron chi connectivity index (χ3n) is 5.45. The van der Waals surface area contributed by atoms with Gasteiger partial charge in [-0.15, -0.1) is 10.2 Å². The summed E-state index contributed by atoms with van der Waals surface area (Å²) < 4.78 is 6.95. The molecule has 0 bridgehead atoms. The summed E-state index contributed by atoms with van der Waals surface area (Å²) in [4.78, 5) is 31.0. The lowest BCUT2D eigenvalue weighted by Crippen LogP contribution is -2.42. The van der Waals surface area contributed by atoms with Gasteiger partial charge >= 0.3 is 0 Å². The number of likely N-dealkylation sites (tertiary alicyclic amines) is 1. The topological polar surface area (TPSA) is 102 Å². The number of ether oxygens (including phenoxy) is 1. The summed E-state index contributed by atoms with van der Waals surface area (Å²) in [6, 6.07) is 3.56. The van der Waals surface area contributed by atoms with E-state index < -0.39 is 0 Å². The molecule has 0 spiro atoms. The number of carbonyl (C=O) groups is 2. The average Bonchev–Trinajstić information content (AvgIpc) is 3.46. The number of piperidine rings is 1. The third kappa shape index (κ3) is 4.19. The van der Waals surface area contributed by atoms with Crippen LogP contribution in [0.1, 0.15) is 29.6 Å². The fraction of sp³-hybridized carbons (Fsp3) is 0.526. The molecule has 2 aliphatic heterocycles. The first-order valence-electron chi connectivity index (χ1n) is 9.66. The van der Waals surface area contributed by atoms with Gasteiger partial charge in [0.1, 0.15) is 18.5 Å². The van der Waals surface area contributed by atoms with Crippen molar-refractivity contribution in [2.24, 2.45) is 11.8 Å². The fourth-order valence-electron chi connectivity index (χ4n) is 3.64. The highest BCUT2D eigenvalue weighted by molar-refractivity contribution is 5.94. The van der Waals surface area contributed by atoms with Gasteiger partial charge in [-0.05, 0) is 37.3 Å². The lowest BCUT2D eigenvalue weighted by Gasteiger charge is -2.32. The Morgan fingerprint density at radius 2 is 1.93 bits per heavy atom. The van der Waals surface area contributed by atoms with E-state index in [2.05, 4.69) is 20.5 Å². The maximum atomic E-state index is 12.7.